The van der Waals surface area contributed by atoms with Gasteiger partial charge in [-0.25, -0.2) is 0 Å². The number of carbonyl (C=O) groups excluding carboxylic acids is 1. The highest BCUT2D eigenvalue weighted by Gasteiger charge is 2.26. The van der Waals surface area contributed by atoms with E-state index in [0.29, 0.717) is 6.54 Å². The van der Waals surface area contributed by atoms with Crippen molar-refractivity contribution in [1.82, 2.24) is 10.6 Å². The lowest BCUT2D eigenvalue weighted by Gasteiger charge is -2.23. The monoisotopic (exact) mass is 260 g/mol. The molecule has 2 N–H and O–H groups in total. The van der Waals surface area contributed by atoms with Gasteiger partial charge in [0.1, 0.15) is 0 Å². The number of benzene rings is 1. The van der Waals surface area contributed by atoms with Crippen LogP contribution in [0.25, 0.3) is 0 Å². The topological polar surface area (TPSA) is 41.1 Å². The van der Waals surface area contributed by atoms with Gasteiger partial charge in [0, 0.05) is 20.1 Å². The van der Waals surface area contributed by atoms with Crippen LogP contribution in [0.2, 0.25) is 0 Å². The first-order chi connectivity index (χ1) is 9.03. The van der Waals surface area contributed by atoms with Crippen LogP contribution in [0.15, 0.2) is 24.3 Å². The van der Waals surface area contributed by atoms with Gasteiger partial charge < -0.3 is 10.6 Å². The third-order valence-electron chi connectivity index (χ3n) is 3.77. The Morgan fingerprint density at radius 3 is 2.42 bits per heavy atom. The predicted octanol–water partition coefficient (Wildman–Crippen LogP) is 2.43. The second-order valence-corrected chi connectivity index (χ2v) is 6.08. The average molecular weight is 260 g/mol. The molecule has 2 rings (SSSR count). The molecule has 0 aromatic heterocycles. The molecule has 19 heavy (non-hydrogen) atoms. The van der Waals surface area contributed by atoms with Crippen LogP contribution in [0, 0.1) is 5.41 Å². The summed E-state index contributed by atoms with van der Waals surface area (Å²) >= 11 is 0. The number of carbonyl (C=O) groups is 1. The molecule has 0 unspecified atom stereocenters. The predicted molar refractivity (Wildman–Crippen MR) is 78.0 cm³/mol. The first kappa shape index (κ1) is 14.1. The highest BCUT2D eigenvalue weighted by molar-refractivity contribution is 5.81. The van der Waals surface area contributed by atoms with Gasteiger partial charge in [0.2, 0.25) is 5.91 Å². The fourth-order valence-electron chi connectivity index (χ4n) is 2.26. The van der Waals surface area contributed by atoms with Crippen molar-refractivity contribution in [2.75, 3.05) is 13.6 Å². The summed E-state index contributed by atoms with van der Waals surface area (Å²) in [6, 6.07) is 8.85. The van der Waals surface area contributed by atoms with Crippen LogP contribution in [-0.4, -0.2) is 19.5 Å². The summed E-state index contributed by atoms with van der Waals surface area (Å²) in [6.07, 6.45) is 2.69. The van der Waals surface area contributed by atoms with Crippen molar-refractivity contribution < 1.29 is 4.79 Å². The van der Waals surface area contributed by atoms with Gasteiger partial charge in [-0.2, -0.15) is 0 Å². The number of rotatable bonds is 6. The number of hydrogen-bond donors (Lipinski definition) is 2. The standard InChI is InChI=1S/C16H24N2O/c1-16(2,15(19)17-3)11-18-10-12-4-6-13(7-5-12)14-8-9-14/h4-7,14,18H,8-11H2,1-3H3,(H,17,19). The van der Waals surface area contributed by atoms with Crippen molar-refractivity contribution in [3.05, 3.63) is 35.4 Å². The normalized spacial score (nSPS) is 15.3. The minimum absolute atomic E-state index is 0.0732. The number of nitrogens with one attached hydrogen (secondary N) is 2. The molecule has 1 saturated carbocycles. The molecule has 0 aliphatic heterocycles. The summed E-state index contributed by atoms with van der Waals surface area (Å²) in [7, 11) is 1.68. The quantitative estimate of drug-likeness (QED) is 0.825. The van der Waals surface area contributed by atoms with Crippen LogP contribution in [0.5, 0.6) is 0 Å². The molecule has 3 nitrogen and oxygen atoms in total. The minimum Gasteiger partial charge on any atom is -0.359 e. The summed E-state index contributed by atoms with van der Waals surface area (Å²) in [6.45, 7) is 5.40. The van der Waals surface area contributed by atoms with E-state index in [4.69, 9.17) is 0 Å². The van der Waals surface area contributed by atoms with Gasteiger partial charge >= 0.3 is 0 Å². The Hall–Kier alpha value is -1.35. The zero-order chi connectivity index (χ0) is 13.9. The summed E-state index contributed by atoms with van der Waals surface area (Å²) in [5.74, 6) is 0.887. The lowest BCUT2D eigenvalue weighted by atomic mass is 9.92. The van der Waals surface area contributed by atoms with Gasteiger partial charge in [0.05, 0.1) is 5.41 Å². The van der Waals surface area contributed by atoms with Gasteiger partial charge in [0.15, 0.2) is 0 Å². The summed E-state index contributed by atoms with van der Waals surface area (Å²) in [5.41, 5.74) is 2.37. The van der Waals surface area contributed by atoms with Crippen LogP contribution < -0.4 is 10.6 Å². The highest BCUT2D eigenvalue weighted by atomic mass is 16.2. The van der Waals surface area contributed by atoms with E-state index < -0.39 is 0 Å². The van der Waals surface area contributed by atoms with Gasteiger partial charge in [-0.05, 0) is 43.7 Å². The maximum absolute atomic E-state index is 11.7. The lowest BCUT2D eigenvalue weighted by molar-refractivity contribution is -0.128. The number of hydrogen-bond acceptors (Lipinski definition) is 2. The van der Waals surface area contributed by atoms with Crippen LogP contribution in [0.4, 0.5) is 0 Å². The first-order valence-corrected chi connectivity index (χ1v) is 7.04. The van der Waals surface area contributed by atoms with E-state index in [1.807, 2.05) is 13.8 Å². The van der Waals surface area contributed by atoms with Gasteiger partial charge in [-0.1, -0.05) is 24.3 Å². The van der Waals surface area contributed by atoms with Crippen LogP contribution in [-0.2, 0) is 11.3 Å². The Balaban J connectivity index is 1.80. The van der Waals surface area contributed by atoms with Gasteiger partial charge in [-0.15, -0.1) is 0 Å². The Labute approximate surface area is 115 Å². The maximum Gasteiger partial charge on any atom is 0.226 e. The third-order valence-corrected chi connectivity index (χ3v) is 3.77. The molecule has 0 heterocycles. The largest absolute Gasteiger partial charge is 0.359 e. The molecule has 0 saturated heterocycles. The SMILES string of the molecule is CNC(=O)C(C)(C)CNCc1ccc(C2CC2)cc1. The molecule has 3 heteroatoms. The van der Waals surface area contributed by atoms with Crippen molar-refractivity contribution in [3.8, 4) is 0 Å². The molecule has 1 fully saturated rings. The molecule has 1 aromatic carbocycles. The van der Waals surface area contributed by atoms with Gasteiger partial charge in [0.25, 0.3) is 0 Å². The molecule has 1 amide bonds. The molecule has 1 aliphatic rings. The Morgan fingerprint density at radius 2 is 1.89 bits per heavy atom. The van der Waals surface area contributed by atoms with E-state index in [1.54, 1.807) is 7.05 Å². The molecule has 0 bridgehead atoms. The van der Waals surface area contributed by atoms with Crippen molar-refractivity contribution in [2.45, 2.75) is 39.2 Å². The van der Waals surface area contributed by atoms with Crippen LogP contribution >= 0.6 is 0 Å². The molecule has 1 aliphatic carbocycles. The summed E-state index contributed by atoms with van der Waals surface area (Å²) in [4.78, 5) is 11.7. The molecule has 0 radical (unpaired) electrons. The molecule has 104 valence electrons. The smallest absolute Gasteiger partial charge is 0.226 e. The van der Waals surface area contributed by atoms with E-state index in [0.717, 1.165) is 12.5 Å². The van der Waals surface area contributed by atoms with Crippen molar-refractivity contribution >= 4 is 5.91 Å². The maximum atomic E-state index is 11.7. The fourth-order valence-corrected chi connectivity index (χ4v) is 2.26. The highest BCUT2D eigenvalue weighted by Crippen LogP contribution is 2.39. The van der Waals surface area contributed by atoms with E-state index >= 15 is 0 Å². The number of amides is 1. The van der Waals surface area contributed by atoms with Crippen molar-refractivity contribution in [1.29, 1.82) is 0 Å². The molecule has 0 atom stereocenters. The first-order valence-electron chi connectivity index (χ1n) is 7.04. The summed E-state index contributed by atoms with van der Waals surface area (Å²) < 4.78 is 0. The summed E-state index contributed by atoms with van der Waals surface area (Å²) in [5, 5.41) is 6.06. The molecular formula is C16H24N2O. The molecule has 1 aromatic rings. The van der Waals surface area contributed by atoms with Gasteiger partial charge in [-0.3, -0.25) is 4.79 Å². The van der Waals surface area contributed by atoms with Crippen LogP contribution in [0.1, 0.15) is 43.7 Å². The third kappa shape index (κ3) is 3.80. The van der Waals surface area contributed by atoms with Crippen LogP contribution in [0.3, 0.4) is 0 Å². The zero-order valence-corrected chi connectivity index (χ0v) is 12.1. The van der Waals surface area contributed by atoms with E-state index in [2.05, 4.69) is 34.9 Å². The Bertz CT molecular complexity index is 433. The fraction of sp³-hybridized carbons (Fsp3) is 0.562. The van der Waals surface area contributed by atoms with E-state index in [1.165, 1.54) is 24.0 Å². The lowest BCUT2D eigenvalue weighted by Crippen LogP contribution is -2.41. The van der Waals surface area contributed by atoms with Crippen molar-refractivity contribution in [3.63, 3.8) is 0 Å². The molecule has 0 spiro atoms. The second kappa shape index (κ2) is 5.74. The minimum atomic E-state index is -0.372. The Kier molecular flexibility index (Phi) is 4.25. The zero-order valence-electron chi connectivity index (χ0n) is 12.1. The average Bonchev–Trinajstić information content (AvgIpc) is 3.22. The van der Waals surface area contributed by atoms with E-state index in [9.17, 15) is 4.79 Å². The Morgan fingerprint density at radius 1 is 1.26 bits per heavy atom. The van der Waals surface area contributed by atoms with Crippen molar-refractivity contribution in [2.24, 2.45) is 5.41 Å². The molecular weight excluding hydrogens is 236 g/mol. The second-order valence-electron chi connectivity index (χ2n) is 6.08. The van der Waals surface area contributed by atoms with E-state index in [-0.39, 0.29) is 11.3 Å².